The number of nitrogens with two attached hydrogens (primary N) is 1. The van der Waals surface area contributed by atoms with Crippen molar-refractivity contribution in [2.75, 3.05) is 0 Å². The monoisotopic (exact) mass is 195 g/mol. The second-order valence-electron chi connectivity index (χ2n) is 3.80. The van der Waals surface area contributed by atoms with Gasteiger partial charge in [-0.1, -0.05) is 6.07 Å². The molecule has 1 aliphatic rings. The Morgan fingerprint density at radius 2 is 2.21 bits per heavy atom. The molecule has 1 saturated carbocycles. The van der Waals surface area contributed by atoms with E-state index in [9.17, 15) is 4.39 Å². The van der Waals surface area contributed by atoms with Crippen molar-refractivity contribution in [3.8, 4) is 5.75 Å². The van der Waals surface area contributed by atoms with Crippen molar-refractivity contribution in [3.05, 3.63) is 29.6 Å². The number of ether oxygens (including phenoxy) is 1. The van der Waals surface area contributed by atoms with E-state index in [1.807, 2.05) is 13.0 Å². The van der Waals surface area contributed by atoms with E-state index >= 15 is 0 Å². The summed E-state index contributed by atoms with van der Waals surface area (Å²) in [4.78, 5) is 0. The van der Waals surface area contributed by atoms with Gasteiger partial charge in [0.05, 0.1) is 6.10 Å². The molecule has 0 aliphatic heterocycles. The van der Waals surface area contributed by atoms with Gasteiger partial charge in [0, 0.05) is 6.04 Å². The number of benzene rings is 1. The molecular weight excluding hydrogens is 181 g/mol. The Kier molecular flexibility index (Phi) is 2.42. The Labute approximate surface area is 82.9 Å². The molecule has 1 aromatic rings. The van der Waals surface area contributed by atoms with Crippen LogP contribution in [0.3, 0.4) is 0 Å². The van der Waals surface area contributed by atoms with Crippen molar-refractivity contribution in [2.24, 2.45) is 5.73 Å². The van der Waals surface area contributed by atoms with Crippen molar-refractivity contribution in [1.82, 2.24) is 0 Å². The molecule has 0 bridgehead atoms. The van der Waals surface area contributed by atoms with E-state index in [0.717, 1.165) is 18.4 Å². The maximum atomic E-state index is 13.4. The Bertz CT molecular complexity index is 334. The molecular formula is C11H14FNO. The van der Waals surface area contributed by atoms with Gasteiger partial charge >= 0.3 is 0 Å². The number of rotatable bonds is 3. The zero-order valence-corrected chi connectivity index (χ0v) is 8.16. The molecule has 1 aliphatic carbocycles. The average molecular weight is 195 g/mol. The molecule has 0 aromatic heterocycles. The van der Waals surface area contributed by atoms with Crippen LogP contribution in [0.1, 0.15) is 31.4 Å². The van der Waals surface area contributed by atoms with Crippen molar-refractivity contribution >= 4 is 0 Å². The molecule has 1 aromatic carbocycles. The van der Waals surface area contributed by atoms with E-state index in [2.05, 4.69) is 0 Å². The van der Waals surface area contributed by atoms with Crippen molar-refractivity contribution < 1.29 is 9.13 Å². The molecule has 0 spiro atoms. The fraction of sp³-hybridized carbons (Fsp3) is 0.455. The molecule has 2 nitrogen and oxygen atoms in total. The van der Waals surface area contributed by atoms with Crippen LogP contribution in [0.15, 0.2) is 18.2 Å². The van der Waals surface area contributed by atoms with E-state index in [-0.39, 0.29) is 18.0 Å². The van der Waals surface area contributed by atoms with E-state index in [1.165, 1.54) is 6.07 Å². The molecule has 76 valence electrons. The lowest BCUT2D eigenvalue weighted by atomic mass is 10.1. The quantitative estimate of drug-likeness (QED) is 0.803. The van der Waals surface area contributed by atoms with E-state index < -0.39 is 0 Å². The molecule has 0 radical (unpaired) electrons. The Balaban J connectivity index is 2.17. The molecule has 0 saturated heterocycles. The number of hydrogen-bond acceptors (Lipinski definition) is 2. The topological polar surface area (TPSA) is 35.2 Å². The highest BCUT2D eigenvalue weighted by atomic mass is 19.1. The minimum Gasteiger partial charge on any atom is -0.487 e. The van der Waals surface area contributed by atoms with Gasteiger partial charge in [0.1, 0.15) is 0 Å². The second kappa shape index (κ2) is 3.58. The first-order valence-corrected chi connectivity index (χ1v) is 4.88. The van der Waals surface area contributed by atoms with Gasteiger partial charge in [-0.2, -0.15) is 0 Å². The molecule has 0 heterocycles. The third-order valence-corrected chi connectivity index (χ3v) is 2.30. The first kappa shape index (κ1) is 9.46. The molecule has 0 amide bonds. The van der Waals surface area contributed by atoms with E-state index in [1.54, 1.807) is 6.07 Å². The maximum absolute atomic E-state index is 13.4. The first-order chi connectivity index (χ1) is 6.66. The second-order valence-corrected chi connectivity index (χ2v) is 3.80. The summed E-state index contributed by atoms with van der Waals surface area (Å²) < 4.78 is 18.8. The van der Waals surface area contributed by atoms with Crippen LogP contribution in [0.2, 0.25) is 0 Å². The van der Waals surface area contributed by atoms with Gasteiger partial charge in [-0.25, -0.2) is 4.39 Å². The maximum Gasteiger partial charge on any atom is 0.165 e. The van der Waals surface area contributed by atoms with Gasteiger partial charge in [-0.15, -0.1) is 0 Å². The highest BCUT2D eigenvalue weighted by Crippen LogP contribution is 2.29. The summed E-state index contributed by atoms with van der Waals surface area (Å²) >= 11 is 0. The van der Waals surface area contributed by atoms with Crippen molar-refractivity contribution in [1.29, 1.82) is 0 Å². The van der Waals surface area contributed by atoms with Crippen LogP contribution >= 0.6 is 0 Å². The van der Waals surface area contributed by atoms with Crippen LogP contribution in [0.5, 0.6) is 5.75 Å². The van der Waals surface area contributed by atoms with Gasteiger partial charge in [-0.3, -0.25) is 0 Å². The summed E-state index contributed by atoms with van der Waals surface area (Å²) in [5.41, 5.74) is 6.44. The molecule has 0 unspecified atom stereocenters. The standard InChI is InChI=1S/C11H14FNO/c1-7(13)8-2-5-11(10(12)6-8)14-9-3-4-9/h2,5-7,9H,3-4,13H2,1H3/t7-/m1/s1. The smallest absolute Gasteiger partial charge is 0.165 e. The fourth-order valence-electron chi connectivity index (χ4n) is 1.26. The predicted molar refractivity (Wildman–Crippen MR) is 52.7 cm³/mol. The third-order valence-electron chi connectivity index (χ3n) is 2.30. The Morgan fingerprint density at radius 3 is 2.71 bits per heavy atom. The highest BCUT2D eigenvalue weighted by Gasteiger charge is 2.24. The highest BCUT2D eigenvalue weighted by molar-refractivity contribution is 5.31. The summed E-state index contributed by atoms with van der Waals surface area (Å²) in [5.74, 6) is 0.0311. The van der Waals surface area contributed by atoms with Gasteiger partial charge in [-0.05, 0) is 37.5 Å². The minimum atomic E-state index is -0.313. The summed E-state index contributed by atoms with van der Waals surface area (Å²) in [6.45, 7) is 1.83. The minimum absolute atomic E-state index is 0.139. The molecule has 3 heteroatoms. The van der Waals surface area contributed by atoms with Crippen LogP contribution in [0.4, 0.5) is 4.39 Å². The molecule has 1 atom stereocenters. The lowest BCUT2D eigenvalue weighted by molar-refractivity contribution is 0.287. The van der Waals surface area contributed by atoms with E-state index in [4.69, 9.17) is 10.5 Å². The lowest BCUT2D eigenvalue weighted by Gasteiger charge is -2.09. The lowest BCUT2D eigenvalue weighted by Crippen LogP contribution is -2.06. The van der Waals surface area contributed by atoms with Crippen LogP contribution in [-0.2, 0) is 0 Å². The van der Waals surface area contributed by atoms with Crippen molar-refractivity contribution in [2.45, 2.75) is 31.9 Å². The summed E-state index contributed by atoms with van der Waals surface area (Å²) in [5, 5.41) is 0. The molecule has 14 heavy (non-hydrogen) atoms. The zero-order valence-electron chi connectivity index (χ0n) is 8.16. The summed E-state index contributed by atoms with van der Waals surface area (Å²) in [7, 11) is 0. The Hall–Kier alpha value is -1.09. The summed E-state index contributed by atoms with van der Waals surface area (Å²) in [6.07, 6.45) is 2.30. The van der Waals surface area contributed by atoms with Crippen LogP contribution < -0.4 is 10.5 Å². The normalized spacial score (nSPS) is 17.9. The predicted octanol–water partition coefficient (Wildman–Crippen LogP) is 2.39. The van der Waals surface area contributed by atoms with Gasteiger partial charge in [0.2, 0.25) is 0 Å². The molecule has 2 rings (SSSR count). The molecule has 1 fully saturated rings. The summed E-state index contributed by atoms with van der Waals surface area (Å²) in [6, 6.07) is 4.78. The van der Waals surface area contributed by atoms with Gasteiger partial charge in [0.25, 0.3) is 0 Å². The van der Waals surface area contributed by atoms with Crippen LogP contribution in [0.25, 0.3) is 0 Å². The largest absolute Gasteiger partial charge is 0.487 e. The van der Waals surface area contributed by atoms with Crippen molar-refractivity contribution in [3.63, 3.8) is 0 Å². The SMILES string of the molecule is C[C@@H](N)c1ccc(OC2CC2)c(F)c1. The fourth-order valence-corrected chi connectivity index (χ4v) is 1.26. The number of halogens is 1. The third kappa shape index (κ3) is 2.04. The van der Waals surface area contributed by atoms with E-state index in [0.29, 0.717) is 5.75 Å². The van der Waals surface area contributed by atoms with Gasteiger partial charge < -0.3 is 10.5 Å². The average Bonchev–Trinajstić information content (AvgIpc) is 2.92. The van der Waals surface area contributed by atoms with Gasteiger partial charge in [0.15, 0.2) is 11.6 Å². The van der Waals surface area contributed by atoms with Crippen LogP contribution in [-0.4, -0.2) is 6.10 Å². The van der Waals surface area contributed by atoms with Crippen LogP contribution in [0, 0.1) is 5.82 Å². The molecule has 2 N–H and O–H groups in total. The Morgan fingerprint density at radius 1 is 1.50 bits per heavy atom. The number of hydrogen-bond donors (Lipinski definition) is 1. The zero-order chi connectivity index (χ0) is 10.1. The first-order valence-electron chi connectivity index (χ1n) is 4.88.